The first-order chi connectivity index (χ1) is 17.6. The molecule has 0 unspecified atom stereocenters. The van der Waals surface area contributed by atoms with Crippen LogP contribution in [-0.4, -0.2) is 66.8 Å². The zero-order valence-corrected chi connectivity index (χ0v) is 22.6. The highest BCUT2D eigenvalue weighted by atomic mass is 32.2. The highest BCUT2D eigenvalue weighted by Crippen LogP contribution is 2.34. The van der Waals surface area contributed by atoms with Gasteiger partial charge in [0.25, 0.3) is 0 Å². The van der Waals surface area contributed by atoms with E-state index < -0.39 is 16.1 Å². The number of aliphatic hydroxyl groups excluding tert-OH is 1. The molecule has 4 rings (SSSR count). The summed E-state index contributed by atoms with van der Waals surface area (Å²) in [6.45, 7) is 7.78. The van der Waals surface area contributed by atoms with Crippen molar-refractivity contribution in [3.05, 3.63) is 53.1 Å². The van der Waals surface area contributed by atoms with E-state index in [1.807, 2.05) is 42.2 Å². The standard InChI is InChI=1S/C28H36N4O4S/c1-4-9-31(10-5-2)28(34)23-14-21-7-6-20(16-26(21)30-27(29)17-23)22-12-19(3)13-25(15-22)37(35,36)32-11-8-24(33)18-32/h6-7,12-16,24,33H,4-5,8-11,17-18H2,1-3H3,(H2,29,30)/t24-/m1/s1. The molecular formula is C28H36N4O4S. The predicted molar refractivity (Wildman–Crippen MR) is 147 cm³/mol. The number of benzene rings is 2. The molecule has 0 spiro atoms. The monoisotopic (exact) mass is 524 g/mol. The Hall–Kier alpha value is -3.01. The number of carbonyl (C=O) groups is 1. The lowest BCUT2D eigenvalue weighted by molar-refractivity contribution is -0.127. The van der Waals surface area contributed by atoms with Gasteiger partial charge in [-0.05, 0) is 67.2 Å². The third-order valence-electron chi connectivity index (χ3n) is 6.69. The van der Waals surface area contributed by atoms with E-state index in [4.69, 9.17) is 5.73 Å². The van der Waals surface area contributed by atoms with Crippen molar-refractivity contribution < 1.29 is 18.3 Å². The summed E-state index contributed by atoms with van der Waals surface area (Å²) in [5, 5.41) is 9.83. The van der Waals surface area contributed by atoms with Crippen LogP contribution in [0.15, 0.2) is 51.9 Å². The first kappa shape index (κ1) is 27.0. The number of amides is 1. The molecular weight excluding hydrogens is 488 g/mol. The van der Waals surface area contributed by atoms with Crippen molar-refractivity contribution in [2.24, 2.45) is 10.7 Å². The molecule has 2 aromatic carbocycles. The van der Waals surface area contributed by atoms with Gasteiger partial charge in [-0.2, -0.15) is 4.31 Å². The Morgan fingerprint density at radius 3 is 2.51 bits per heavy atom. The van der Waals surface area contributed by atoms with Crippen molar-refractivity contribution in [1.29, 1.82) is 0 Å². The Balaban J connectivity index is 1.69. The number of hydrogen-bond acceptors (Lipinski definition) is 6. The Bertz CT molecular complexity index is 1340. The molecule has 0 aliphatic carbocycles. The van der Waals surface area contributed by atoms with Gasteiger partial charge in [0.1, 0.15) is 5.84 Å². The van der Waals surface area contributed by atoms with Gasteiger partial charge in [-0.15, -0.1) is 0 Å². The SMILES string of the molecule is CCCN(CCC)C(=O)C1=Cc2ccc(-c3cc(C)cc(S(=O)(=O)N4CC[C@@H](O)C4)c3)cc2N=C(N)C1. The average molecular weight is 525 g/mol. The molecule has 2 aliphatic heterocycles. The van der Waals surface area contributed by atoms with E-state index in [1.54, 1.807) is 12.1 Å². The smallest absolute Gasteiger partial charge is 0.250 e. The summed E-state index contributed by atoms with van der Waals surface area (Å²) < 4.78 is 27.8. The minimum atomic E-state index is -3.72. The van der Waals surface area contributed by atoms with Gasteiger partial charge in [-0.1, -0.05) is 32.0 Å². The number of aliphatic imine (C=N–C) groups is 1. The summed E-state index contributed by atoms with van der Waals surface area (Å²) in [4.78, 5) is 19.9. The summed E-state index contributed by atoms with van der Waals surface area (Å²) in [6, 6.07) is 10.9. The molecule has 0 radical (unpaired) electrons. The molecule has 1 fully saturated rings. The Morgan fingerprint density at radius 2 is 1.86 bits per heavy atom. The van der Waals surface area contributed by atoms with Crippen molar-refractivity contribution >= 4 is 33.5 Å². The topological polar surface area (TPSA) is 116 Å². The quantitative estimate of drug-likeness (QED) is 0.544. The minimum absolute atomic E-state index is 0.0145. The van der Waals surface area contributed by atoms with E-state index in [1.165, 1.54) is 4.31 Å². The van der Waals surface area contributed by atoms with Gasteiger partial charge < -0.3 is 15.7 Å². The number of hydrogen-bond donors (Lipinski definition) is 2. The first-order valence-electron chi connectivity index (χ1n) is 12.9. The number of aliphatic hydroxyl groups is 1. The van der Waals surface area contributed by atoms with E-state index >= 15 is 0 Å². The molecule has 0 bridgehead atoms. The maximum absolute atomic E-state index is 13.2. The molecule has 3 N–H and O–H groups in total. The second-order valence-electron chi connectivity index (χ2n) is 9.86. The van der Waals surface area contributed by atoms with Gasteiger partial charge in [0.2, 0.25) is 15.9 Å². The van der Waals surface area contributed by atoms with Crippen LogP contribution in [0.3, 0.4) is 0 Å². The van der Waals surface area contributed by atoms with Crippen LogP contribution in [0.1, 0.15) is 50.7 Å². The number of rotatable bonds is 8. The molecule has 2 heterocycles. The normalized spacial score (nSPS) is 18.1. The molecule has 1 amide bonds. The average Bonchev–Trinajstić information content (AvgIpc) is 3.23. The summed E-state index contributed by atoms with van der Waals surface area (Å²) in [5.74, 6) is 0.350. The van der Waals surface area contributed by atoms with Gasteiger partial charge >= 0.3 is 0 Å². The molecule has 2 aliphatic rings. The van der Waals surface area contributed by atoms with E-state index in [0.29, 0.717) is 43.2 Å². The van der Waals surface area contributed by atoms with Crippen molar-refractivity contribution in [2.75, 3.05) is 26.2 Å². The molecule has 9 heteroatoms. The van der Waals surface area contributed by atoms with Crippen LogP contribution in [0.25, 0.3) is 17.2 Å². The molecule has 0 saturated carbocycles. The number of β-amino-alcohol motifs (C(OH)–C–C–N with tert-alkyl or cyclic N) is 1. The predicted octanol–water partition coefficient (Wildman–Crippen LogP) is 3.84. The molecule has 1 saturated heterocycles. The first-order valence-corrected chi connectivity index (χ1v) is 14.3. The summed E-state index contributed by atoms with van der Waals surface area (Å²) in [5.41, 5.74) is 10.7. The van der Waals surface area contributed by atoms with Gasteiger partial charge in [0.05, 0.1) is 16.7 Å². The summed E-state index contributed by atoms with van der Waals surface area (Å²) >= 11 is 0. The van der Waals surface area contributed by atoms with Crippen LogP contribution in [0, 0.1) is 6.92 Å². The number of sulfonamides is 1. The van der Waals surface area contributed by atoms with E-state index in [-0.39, 0.29) is 23.8 Å². The number of nitrogens with two attached hydrogens (primary N) is 1. The molecule has 37 heavy (non-hydrogen) atoms. The van der Waals surface area contributed by atoms with Gasteiger partial charge in [-0.3, -0.25) is 4.79 Å². The Kier molecular flexibility index (Phi) is 8.16. The maximum atomic E-state index is 13.2. The number of fused-ring (bicyclic) bond motifs is 1. The fraction of sp³-hybridized carbons (Fsp3) is 0.429. The lowest BCUT2D eigenvalue weighted by atomic mass is 9.99. The lowest BCUT2D eigenvalue weighted by Gasteiger charge is -2.22. The number of aryl methyl sites for hydroxylation is 1. The van der Waals surface area contributed by atoms with E-state index in [0.717, 1.165) is 35.1 Å². The number of carbonyl (C=O) groups excluding carboxylic acids is 1. The second kappa shape index (κ2) is 11.2. The van der Waals surface area contributed by atoms with E-state index in [2.05, 4.69) is 18.8 Å². The number of amidine groups is 1. The highest BCUT2D eigenvalue weighted by Gasteiger charge is 2.32. The van der Waals surface area contributed by atoms with Crippen LogP contribution >= 0.6 is 0 Å². The van der Waals surface area contributed by atoms with Crippen molar-refractivity contribution in [2.45, 2.75) is 57.5 Å². The molecule has 2 aromatic rings. The van der Waals surface area contributed by atoms with Crippen LogP contribution in [0.4, 0.5) is 5.69 Å². The third kappa shape index (κ3) is 5.95. The zero-order chi connectivity index (χ0) is 26.7. The van der Waals surface area contributed by atoms with E-state index in [9.17, 15) is 18.3 Å². The fourth-order valence-corrected chi connectivity index (χ4v) is 6.53. The highest BCUT2D eigenvalue weighted by molar-refractivity contribution is 7.89. The minimum Gasteiger partial charge on any atom is -0.392 e. The fourth-order valence-electron chi connectivity index (χ4n) is 4.91. The third-order valence-corrected chi connectivity index (χ3v) is 8.54. The largest absolute Gasteiger partial charge is 0.392 e. The van der Waals surface area contributed by atoms with Crippen LogP contribution in [0.5, 0.6) is 0 Å². The van der Waals surface area contributed by atoms with Crippen molar-refractivity contribution in [3.63, 3.8) is 0 Å². The maximum Gasteiger partial charge on any atom is 0.250 e. The number of nitrogens with zero attached hydrogens (tertiary/aromatic N) is 3. The Morgan fingerprint density at radius 1 is 1.14 bits per heavy atom. The second-order valence-corrected chi connectivity index (χ2v) is 11.8. The summed E-state index contributed by atoms with van der Waals surface area (Å²) in [7, 11) is -3.72. The van der Waals surface area contributed by atoms with Crippen LogP contribution < -0.4 is 5.73 Å². The lowest BCUT2D eigenvalue weighted by Crippen LogP contribution is -2.34. The zero-order valence-electron chi connectivity index (χ0n) is 21.8. The Labute approximate surface area is 219 Å². The van der Waals surface area contributed by atoms with Crippen LogP contribution in [-0.2, 0) is 14.8 Å². The van der Waals surface area contributed by atoms with Crippen LogP contribution in [0.2, 0.25) is 0 Å². The van der Waals surface area contributed by atoms with Crippen molar-refractivity contribution in [1.82, 2.24) is 9.21 Å². The molecule has 0 aromatic heterocycles. The van der Waals surface area contributed by atoms with Gasteiger partial charge in [0.15, 0.2) is 0 Å². The van der Waals surface area contributed by atoms with Gasteiger partial charge in [0, 0.05) is 43.7 Å². The summed E-state index contributed by atoms with van der Waals surface area (Å²) in [6.07, 6.45) is 3.72. The molecule has 1 atom stereocenters. The van der Waals surface area contributed by atoms with Gasteiger partial charge in [-0.25, -0.2) is 13.4 Å². The molecule has 198 valence electrons. The van der Waals surface area contributed by atoms with Crippen molar-refractivity contribution in [3.8, 4) is 11.1 Å². The molecule has 8 nitrogen and oxygen atoms in total.